The molecule has 0 atom stereocenters. The van der Waals surface area contributed by atoms with Crippen molar-refractivity contribution < 1.29 is 31.8 Å². The van der Waals surface area contributed by atoms with Gasteiger partial charge in [-0.1, -0.05) is 24.3 Å². The van der Waals surface area contributed by atoms with Crippen LogP contribution in [0.2, 0.25) is 0 Å². The molecule has 0 radical (unpaired) electrons. The number of alkyl halides is 4. The topological polar surface area (TPSA) is 50.8 Å². The van der Waals surface area contributed by atoms with Gasteiger partial charge in [0.15, 0.2) is 5.11 Å². The fourth-order valence-corrected chi connectivity index (χ4v) is 3.17. The Balaban J connectivity index is 1.79. The van der Waals surface area contributed by atoms with E-state index in [9.17, 15) is 22.4 Å². The van der Waals surface area contributed by atoms with Gasteiger partial charge in [-0.25, -0.2) is 8.78 Å². The molecule has 0 aromatic heterocycles. The number of nitrogens with zero attached hydrogens (tertiary/aromatic N) is 1. The van der Waals surface area contributed by atoms with Crippen molar-refractivity contribution in [1.82, 2.24) is 5.32 Å². The molecule has 1 heterocycles. The number of hydrogen-bond acceptors (Lipinski definition) is 4. The third-order valence-corrected chi connectivity index (χ3v) is 4.66. The normalized spacial score (nSPS) is 15.7. The number of nitrogens with one attached hydrogen (secondary N) is 1. The fraction of sp³-hybridized carbons (Fsp3) is 0.238. The number of benzene rings is 2. The lowest BCUT2D eigenvalue weighted by atomic mass is 10.1. The first-order chi connectivity index (χ1) is 14.7. The molecule has 0 bridgehead atoms. The monoisotopic (exact) mass is 454 g/mol. The Hall–Kier alpha value is -2.98. The summed E-state index contributed by atoms with van der Waals surface area (Å²) < 4.78 is 60.6. The number of hydrogen-bond donors (Lipinski definition) is 1. The van der Waals surface area contributed by atoms with Gasteiger partial charge < -0.3 is 14.8 Å². The van der Waals surface area contributed by atoms with Gasteiger partial charge in [0.1, 0.15) is 18.1 Å². The predicted octanol–water partition coefficient (Wildman–Crippen LogP) is 4.37. The van der Waals surface area contributed by atoms with Crippen molar-refractivity contribution in [2.24, 2.45) is 0 Å². The minimum absolute atomic E-state index is 0.216. The van der Waals surface area contributed by atoms with Gasteiger partial charge in [-0.15, -0.1) is 0 Å². The van der Waals surface area contributed by atoms with E-state index in [1.54, 1.807) is 42.5 Å². The molecular weight excluding hydrogens is 436 g/mol. The van der Waals surface area contributed by atoms with Crippen molar-refractivity contribution >= 4 is 35.0 Å². The highest BCUT2D eigenvalue weighted by Gasteiger charge is 2.41. The number of carbonyl (C=O) groups excluding carboxylic acids is 1. The minimum Gasteiger partial charge on any atom is -0.496 e. The van der Waals surface area contributed by atoms with Gasteiger partial charge in [0.25, 0.3) is 5.91 Å². The van der Waals surface area contributed by atoms with Crippen molar-refractivity contribution in [2.75, 3.05) is 18.6 Å². The Labute approximate surface area is 181 Å². The van der Waals surface area contributed by atoms with Crippen molar-refractivity contribution in [2.45, 2.75) is 19.0 Å². The maximum absolute atomic E-state index is 13.1. The molecule has 2 aromatic rings. The van der Waals surface area contributed by atoms with Crippen LogP contribution in [0.3, 0.4) is 0 Å². The molecule has 10 heteroatoms. The zero-order chi connectivity index (χ0) is 22.6. The Morgan fingerprint density at radius 3 is 2.55 bits per heavy atom. The van der Waals surface area contributed by atoms with Gasteiger partial charge in [-0.2, -0.15) is 8.78 Å². The summed E-state index contributed by atoms with van der Waals surface area (Å²) in [6.07, 6.45) is -2.28. The number of amides is 1. The van der Waals surface area contributed by atoms with Gasteiger partial charge in [0.2, 0.25) is 0 Å². The summed E-state index contributed by atoms with van der Waals surface area (Å²) >= 11 is 5.25. The third-order valence-electron chi connectivity index (χ3n) is 4.38. The molecule has 1 aliphatic rings. The number of halogens is 4. The molecule has 0 spiro atoms. The van der Waals surface area contributed by atoms with Crippen LogP contribution in [0.4, 0.5) is 23.2 Å². The van der Waals surface area contributed by atoms with Crippen LogP contribution in [0.25, 0.3) is 6.08 Å². The van der Waals surface area contributed by atoms with E-state index >= 15 is 0 Å². The molecule has 1 fully saturated rings. The summed E-state index contributed by atoms with van der Waals surface area (Å²) in [5.41, 5.74) is 1.72. The molecule has 164 valence electrons. The largest absolute Gasteiger partial charge is 0.496 e. The molecule has 31 heavy (non-hydrogen) atoms. The summed E-state index contributed by atoms with van der Waals surface area (Å²) in [7, 11) is 1.38. The zero-order valence-electron chi connectivity index (χ0n) is 16.3. The number of para-hydroxylation sites is 1. The smallest absolute Gasteiger partial charge is 0.330 e. The van der Waals surface area contributed by atoms with Crippen LogP contribution in [-0.4, -0.2) is 37.1 Å². The fourth-order valence-electron chi connectivity index (χ4n) is 2.87. The second-order valence-electron chi connectivity index (χ2n) is 6.59. The number of anilines is 1. The van der Waals surface area contributed by atoms with Crippen LogP contribution in [0.1, 0.15) is 11.1 Å². The van der Waals surface area contributed by atoms with Crippen LogP contribution < -0.4 is 15.0 Å². The molecular formula is C21H18F4N2O3S. The van der Waals surface area contributed by atoms with E-state index in [0.717, 1.165) is 0 Å². The lowest BCUT2D eigenvalue weighted by molar-refractivity contribution is -0.168. The Bertz CT molecular complexity index is 999. The van der Waals surface area contributed by atoms with Crippen molar-refractivity contribution in [1.29, 1.82) is 0 Å². The molecule has 2 aromatic carbocycles. The van der Waals surface area contributed by atoms with Gasteiger partial charge in [0.05, 0.1) is 19.4 Å². The minimum atomic E-state index is -4.25. The first kappa shape index (κ1) is 22.7. The van der Waals surface area contributed by atoms with Crippen molar-refractivity contribution in [3.63, 3.8) is 0 Å². The van der Waals surface area contributed by atoms with E-state index in [4.69, 9.17) is 21.7 Å². The predicted molar refractivity (Wildman–Crippen MR) is 111 cm³/mol. The highest BCUT2D eigenvalue weighted by Crippen LogP contribution is 2.27. The van der Waals surface area contributed by atoms with Gasteiger partial charge >= 0.3 is 12.3 Å². The van der Waals surface area contributed by atoms with Crippen LogP contribution in [0.15, 0.2) is 54.2 Å². The number of ether oxygens (including phenoxy) is 2. The summed E-state index contributed by atoms with van der Waals surface area (Å²) in [4.78, 5) is 14.1. The van der Waals surface area contributed by atoms with Crippen LogP contribution in [-0.2, 0) is 16.1 Å². The molecule has 1 N–H and O–H groups in total. The lowest BCUT2D eigenvalue weighted by Gasteiger charge is -2.16. The van der Waals surface area contributed by atoms with Crippen LogP contribution in [0, 0.1) is 0 Å². The average molecular weight is 454 g/mol. The number of carbonyl (C=O) groups is 1. The molecule has 3 rings (SSSR count). The maximum Gasteiger partial charge on any atom is 0.330 e. The van der Waals surface area contributed by atoms with Gasteiger partial charge in [-0.05, 0) is 48.1 Å². The standard InChI is InChI=1S/C21H18F4N2O3S/c1-29-17-8-7-13(9-14(17)11-30-12-21(24,25)19(22)23)10-16-18(28)27(20(31)26-16)15-5-3-2-4-6-15/h2-10,19H,11-12H2,1H3,(H,26,31)/b16-10+. The highest BCUT2D eigenvalue weighted by molar-refractivity contribution is 7.80. The van der Waals surface area contributed by atoms with Crippen molar-refractivity contribution in [3.05, 3.63) is 65.4 Å². The van der Waals surface area contributed by atoms with E-state index in [1.807, 2.05) is 6.07 Å². The SMILES string of the molecule is COc1ccc(/C=C2/NC(=S)N(c3ccccc3)C2=O)cc1COCC(F)(F)C(F)F. The average Bonchev–Trinajstić information content (AvgIpc) is 3.01. The van der Waals surface area contributed by atoms with Gasteiger partial charge in [-0.3, -0.25) is 9.69 Å². The quantitative estimate of drug-likeness (QED) is 0.365. The Morgan fingerprint density at radius 2 is 1.90 bits per heavy atom. The van der Waals surface area contributed by atoms with Crippen molar-refractivity contribution in [3.8, 4) is 5.75 Å². The first-order valence-corrected chi connectivity index (χ1v) is 9.46. The summed E-state index contributed by atoms with van der Waals surface area (Å²) in [5.74, 6) is -4.28. The maximum atomic E-state index is 13.1. The first-order valence-electron chi connectivity index (χ1n) is 9.06. The molecule has 1 saturated heterocycles. The molecule has 0 saturated carbocycles. The molecule has 0 aliphatic carbocycles. The van der Waals surface area contributed by atoms with E-state index in [-0.39, 0.29) is 23.3 Å². The Morgan fingerprint density at radius 1 is 1.19 bits per heavy atom. The number of thiocarbonyl (C=S) groups is 1. The summed E-state index contributed by atoms with van der Waals surface area (Å²) in [6, 6.07) is 13.6. The highest BCUT2D eigenvalue weighted by atomic mass is 32.1. The summed E-state index contributed by atoms with van der Waals surface area (Å²) in [5, 5.41) is 3.06. The Kier molecular flexibility index (Phi) is 6.91. The molecule has 1 aliphatic heterocycles. The second-order valence-corrected chi connectivity index (χ2v) is 6.98. The molecule has 5 nitrogen and oxygen atoms in total. The second kappa shape index (κ2) is 9.44. The summed E-state index contributed by atoms with van der Waals surface area (Å²) in [6.45, 7) is -1.81. The van der Waals surface area contributed by atoms with Crippen LogP contribution >= 0.6 is 12.2 Å². The van der Waals surface area contributed by atoms with E-state index in [0.29, 0.717) is 22.6 Å². The number of rotatable bonds is 8. The molecule has 0 unspecified atom stereocenters. The lowest BCUT2D eigenvalue weighted by Crippen LogP contribution is -2.32. The van der Waals surface area contributed by atoms with Gasteiger partial charge in [0, 0.05) is 5.56 Å². The third kappa shape index (κ3) is 5.20. The number of methoxy groups -OCH3 is 1. The van der Waals surface area contributed by atoms with Crippen LogP contribution in [0.5, 0.6) is 5.75 Å². The molecule has 1 amide bonds. The zero-order valence-corrected chi connectivity index (χ0v) is 17.1. The van der Waals surface area contributed by atoms with E-state index in [2.05, 4.69) is 5.32 Å². The van der Waals surface area contributed by atoms with E-state index < -0.39 is 19.0 Å². The van der Waals surface area contributed by atoms with E-state index in [1.165, 1.54) is 18.1 Å².